The Bertz CT molecular complexity index is 668. The molecular weight excluding hydrogens is 389 g/mol. The zero-order valence-electron chi connectivity index (χ0n) is 12.3. The van der Waals surface area contributed by atoms with Crippen molar-refractivity contribution in [1.82, 2.24) is 4.57 Å². The van der Waals surface area contributed by atoms with E-state index >= 15 is 0 Å². The Balaban J connectivity index is 2.51. The molecule has 0 aliphatic rings. The molecule has 1 heterocycles. The van der Waals surface area contributed by atoms with Crippen LogP contribution in [0.25, 0.3) is 0 Å². The average molecular weight is 405 g/mol. The number of aromatic nitrogens is 1. The first-order chi connectivity index (χ1) is 10.5. The number of carbonyl (C=O) groups is 1. The molecule has 0 bridgehead atoms. The zero-order valence-corrected chi connectivity index (χ0v) is 15.4. The third-order valence-electron chi connectivity index (χ3n) is 3.30. The predicted molar refractivity (Wildman–Crippen MR) is 92.9 cm³/mol. The standard InChI is InChI=1S/C16H16BrCl2NO2/c1-3-20-13(17)9-12(16(21)22-4-2)15(20)14(19)10-5-7-11(18)8-6-10/h5-9,14H,3-4H2,1-2H3. The van der Waals surface area contributed by atoms with E-state index in [1.165, 1.54) is 0 Å². The van der Waals surface area contributed by atoms with Gasteiger partial charge in [-0.05, 0) is 53.5 Å². The van der Waals surface area contributed by atoms with Gasteiger partial charge in [0.1, 0.15) is 0 Å². The molecule has 0 aliphatic heterocycles. The minimum absolute atomic E-state index is 0.321. The summed E-state index contributed by atoms with van der Waals surface area (Å²) in [6.45, 7) is 4.78. The minimum Gasteiger partial charge on any atom is -0.462 e. The fourth-order valence-corrected chi connectivity index (χ4v) is 3.47. The van der Waals surface area contributed by atoms with Crippen molar-refractivity contribution in [3.05, 3.63) is 56.8 Å². The Kier molecular flexibility index (Phi) is 5.95. The number of rotatable bonds is 5. The van der Waals surface area contributed by atoms with Crippen molar-refractivity contribution in [3.8, 4) is 0 Å². The Morgan fingerprint density at radius 3 is 2.50 bits per heavy atom. The van der Waals surface area contributed by atoms with Crippen LogP contribution in [-0.2, 0) is 11.3 Å². The summed E-state index contributed by atoms with van der Waals surface area (Å²) >= 11 is 16.0. The fraction of sp³-hybridized carbons (Fsp3) is 0.312. The molecule has 0 amide bonds. The normalized spacial score (nSPS) is 12.2. The van der Waals surface area contributed by atoms with Crippen LogP contribution >= 0.6 is 39.1 Å². The van der Waals surface area contributed by atoms with Crippen LogP contribution in [0.15, 0.2) is 34.9 Å². The number of hydrogen-bond donors (Lipinski definition) is 0. The molecule has 3 nitrogen and oxygen atoms in total. The van der Waals surface area contributed by atoms with Crippen molar-refractivity contribution >= 4 is 45.1 Å². The van der Waals surface area contributed by atoms with Gasteiger partial charge in [0.2, 0.25) is 0 Å². The van der Waals surface area contributed by atoms with Gasteiger partial charge in [-0.25, -0.2) is 4.79 Å². The SMILES string of the molecule is CCOC(=O)c1cc(Br)n(CC)c1C(Cl)c1ccc(Cl)cc1. The maximum absolute atomic E-state index is 12.2. The van der Waals surface area contributed by atoms with Gasteiger partial charge in [0.25, 0.3) is 0 Å². The highest BCUT2D eigenvalue weighted by Gasteiger charge is 2.26. The first-order valence-electron chi connectivity index (χ1n) is 6.95. The smallest absolute Gasteiger partial charge is 0.340 e. The highest BCUT2D eigenvalue weighted by atomic mass is 79.9. The van der Waals surface area contributed by atoms with Crippen LogP contribution in [0.4, 0.5) is 0 Å². The lowest BCUT2D eigenvalue weighted by molar-refractivity contribution is 0.0525. The van der Waals surface area contributed by atoms with Gasteiger partial charge >= 0.3 is 5.97 Å². The summed E-state index contributed by atoms with van der Waals surface area (Å²) in [5.74, 6) is -0.370. The molecule has 1 atom stereocenters. The van der Waals surface area contributed by atoms with E-state index in [-0.39, 0.29) is 5.97 Å². The van der Waals surface area contributed by atoms with Gasteiger partial charge in [-0.2, -0.15) is 0 Å². The van der Waals surface area contributed by atoms with Crippen LogP contribution in [0.3, 0.4) is 0 Å². The first-order valence-corrected chi connectivity index (χ1v) is 8.55. The molecule has 1 unspecified atom stereocenters. The van der Waals surface area contributed by atoms with Gasteiger partial charge in [0, 0.05) is 11.6 Å². The maximum Gasteiger partial charge on any atom is 0.340 e. The number of carbonyl (C=O) groups excluding carboxylic acids is 1. The van der Waals surface area contributed by atoms with Gasteiger partial charge in [0.15, 0.2) is 0 Å². The van der Waals surface area contributed by atoms with Crippen molar-refractivity contribution in [2.45, 2.75) is 25.8 Å². The third-order valence-corrected chi connectivity index (χ3v) is 4.67. The molecule has 1 aromatic heterocycles. The lowest BCUT2D eigenvalue weighted by Gasteiger charge is -2.16. The number of ether oxygens (including phenoxy) is 1. The highest BCUT2D eigenvalue weighted by molar-refractivity contribution is 9.10. The van der Waals surface area contributed by atoms with Crippen LogP contribution in [0, 0.1) is 0 Å². The van der Waals surface area contributed by atoms with Gasteiger partial charge in [-0.3, -0.25) is 0 Å². The predicted octanol–water partition coefficient (Wildman–Crippen LogP) is 5.43. The summed E-state index contributed by atoms with van der Waals surface area (Å²) in [6, 6.07) is 9.03. The lowest BCUT2D eigenvalue weighted by atomic mass is 10.1. The number of nitrogens with zero attached hydrogens (tertiary/aromatic N) is 1. The van der Waals surface area contributed by atoms with Crippen molar-refractivity contribution in [3.63, 3.8) is 0 Å². The van der Waals surface area contributed by atoms with Crippen LogP contribution in [-0.4, -0.2) is 17.1 Å². The second-order valence-corrected chi connectivity index (χ2v) is 6.33. The van der Waals surface area contributed by atoms with Crippen molar-refractivity contribution < 1.29 is 9.53 Å². The van der Waals surface area contributed by atoms with E-state index in [4.69, 9.17) is 27.9 Å². The van der Waals surface area contributed by atoms with Crippen LogP contribution in [0.2, 0.25) is 5.02 Å². The van der Waals surface area contributed by atoms with E-state index < -0.39 is 5.38 Å². The summed E-state index contributed by atoms with van der Waals surface area (Å²) < 4.78 is 7.89. The van der Waals surface area contributed by atoms with Crippen LogP contribution in [0.5, 0.6) is 0 Å². The van der Waals surface area contributed by atoms with E-state index in [2.05, 4.69) is 15.9 Å². The molecule has 22 heavy (non-hydrogen) atoms. The van der Waals surface area contributed by atoms with Crippen LogP contribution < -0.4 is 0 Å². The van der Waals surface area contributed by atoms with Gasteiger partial charge in [0.05, 0.1) is 27.8 Å². The molecule has 0 N–H and O–H groups in total. The highest BCUT2D eigenvalue weighted by Crippen LogP contribution is 2.35. The number of halogens is 3. The molecule has 6 heteroatoms. The summed E-state index contributed by atoms with van der Waals surface area (Å²) in [7, 11) is 0. The Morgan fingerprint density at radius 1 is 1.32 bits per heavy atom. The zero-order chi connectivity index (χ0) is 16.3. The molecule has 2 aromatic rings. The molecular formula is C16H16BrCl2NO2. The molecule has 0 saturated carbocycles. The van der Waals surface area contributed by atoms with Gasteiger partial charge < -0.3 is 9.30 Å². The summed E-state index contributed by atoms with van der Waals surface area (Å²) in [5, 5.41) is 0.174. The number of hydrogen-bond acceptors (Lipinski definition) is 2. The van der Waals surface area contributed by atoms with E-state index in [9.17, 15) is 4.79 Å². The maximum atomic E-state index is 12.2. The first kappa shape index (κ1) is 17.4. The van der Waals surface area contributed by atoms with Crippen molar-refractivity contribution in [1.29, 1.82) is 0 Å². The topological polar surface area (TPSA) is 31.2 Å². The van der Waals surface area contributed by atoms with Gasteiger partial charge in [-0.15, -0.1) is 11.6 Å². The van der Waals surface area contributed by atoms with Crippen molar-refractivity contribution in [2.75, 3.05) is 6.61 Å². The molecule has 1 aromatic carbocycles. The largest absolute Gasteiger partial charge is 0.462 e. The van der Waals surface area contributed by atoms with Crippen LogP contribution in [0.1, 0.15) is 40.8 Å². The van der Waals surface area contributed by atoms with E-state index in [1.54, 1.807) is 25.1 Å². The average Bonchev–Trinajstić information content (AvgIpc) is 2.84. The molecule has 0 fully saturated rings. The second kappa shape index (κ2) is 7.53. The lowest BCUT2D eigenvalue weighted by Crippen LogP contribution is -2.12. The second-order valence-electron chi connectivity index (χ2n) is 4.64. The molecule has 0 saturated heterocycles. The molecule has 2 rings (SSSR count). The van der Waals surface area contributed by atoms with E-state index in [1.807, 2.05) is 23.6 Å². The molecule has 0 radical (unpaired) electrons. The monoisotopic (exact) mass is 403 g/mol. The molecule has 0 aliphatic carbocycles. The van der Waals surface area contributed by atoms with Gasteiger partial charge in [-0.1, -0.05) is 23.7 Å². The Hall–Kier alpha value is -0.970. The summed E-state index contributed by atoms with van der Waals surface area (Å²) in [6.07, 6.45) is 0. The van der Waals surface area contributed by atoms with E-state index in [0.717, 1.165) is 15.9 Å². The molecule has 118 valence electrons. The fourth-order valence-electron chi connectivity index (χ4n) is 2.29. The Morgan fingerprint density at radius 2 is 1.95 bits per heavy atom. The minimum atomic E-state index is -0.470. The Labute approximate surface area is 148 Å². The third kappa shape index (κ3) is 3.50. The van der Waals surface area contributed by atoms with E-state index in [0.29, 0.717) is 23.7 Å². The summed E-state index contributed by atoms with van der Waals surface area (Å²) in [5.41, 5.74) is 2.07. The summed E-state index contributed by atoms with van der Waals surface area (Å²) in [4.78, 5) is 12.2. The number of alkyl halides is 1. The quantitative estimate of drug-likeness (QED) is 0.491. The number of esters is 1. The van der Waals surface area contributed by atoms with Crippen molar-refractivity contribution in [2.24, 2.45) is 0 Å². The molecule has 0 spiro atoms. The number of benzene rings is 1.